The lowest BCUT2D eigenvalue weighted by atomic mass is 10.1. The summed E-state index contributed by atoms with van der Waals surface area (Å²) in [6.45, 7) is 1.54. The molecule has 1 aromatic carbocycles. The number of oxazole rings is 1. The maximum Gasteiger partial charge on any atom is 0.181 e. The van der Waals surface area contributed by atoms with Gasteiger partial charge in [-0.15, -0.1) is 0 Å². The van der Waals surface area contributed by atoms with E-state index in [1.807, 2.05) is 12.1 Å². The number of nitrogens with zero attached hydrogens (tertiary/aromatic N) is 1. The second-order valence-electron chi connectivity index (χ2n) is 3.00. The van der Waals surface area contributed by atoms with E-state index in [9.17, 15) is 4.79 Å². The van der Waals surface area contributed by atoms with Gasteiger partial charge in [0.2, 0.25) is 0 Å². The molecule has 2 rings (SSSR count). The van der Waals surface area contributed by atoms with Crippen molar-refractivity contribution in [3.05, 3.63) is 42.4 Å². The van der Waals surface area contributed by atoms with Gasteiger partial charge in [0.1, 0.15) is 0 Å². The molecule has 3 heteroatoms. The first-order chi connectivity index (χ1) is 6.77. The van der Waals surface area contributed by atoms with Crippen LogP contribution in [0.5, 0.6) is 0 Å². The van der Waals surface area contributed by atoms with Gasteiger partial charge in [0, 0.05) is 11.1 Å². The Morgan fingerprint density at radius 1 is 1.43 bits per heavy atom. The second-order valence-corrected chi connectivity index (χ2v) is 3.00. The van der Waals surface area contributed by atoms with Crippen molar-refractivity contribution in [3.8, 4) is 11.3 Å². The molecule has 0 saturated carbocycles. The van der Waals surface area contributed by atoms with Crippen LogP contribution in [0.15, 0.2) is 41.3 Å². The molecule has 0 aliphatic carbocycles. The number of rotatable bonds is 2. The summed E-state index contributed by atoms with van der Waals surface area (Å²) < 4.78 is 5.13. The number of ketones is 1. The van der Waals surface area contributed by atoms with Crippen molar-refractivity contribution in [1.29, 1.82) is 0 Å². The molecule has 0 spiro atoms. The van der Waals surface area contributed by atoms with Gasteiger partial charge < -0.3 is 4.42 Å². The molecule has 1 heterocycles. The average Bonchev–Trinajstić information content (AvgIpc) is 2.71. The number of aromatic nitrogens is 1. The first kappa shape index (κ1) is 8.69. The largest absolute Gasteiger partial charge is 0.444 e. The van der Waals surface area contributed by atoms with Gasteiger partial charge in [-0.2, -0.15) is 0 Å². The molecule has 0 atom stereocenters. The standard InChI is InChI=1S/C11H9NO2/c1-8(13)9-3-2-4-10(5-9)11-6-12-7-14-11/h2-7H,1H3. The van der Waals surface area contributed by atoms with E-state index in [0.29, 0.717) is 11.3 Å². The topological polar surface area (TPSA) is 43.1 Å². The molecule has 1 aromatic heterocycles. The van der Waals surface area contributed by atoms with Crippen LogP contribution >= 0.6 is 0 Å². The van der Waals surface area contributed by atoms with E-state index in [4.69, 9.17) is 4.42 Å². The van der Waals surface area contributed by atoms with E-state index in [-0.39, 0.29) is 5.78 Å². The summed E-state index contributed by atoms with van der Waals surface area (Å²) in [5.74, 6) is 0.722. The molecule has 0 unspecified atom stereocenters. The van der Waals surface area contributed by atoms with E-state index in [0.717, 1.165) is 5.56 Å². The second kappa shape index (κ2) is 3.46. The maximum absolute atomic E-state index is 11.1. The molecular formula is C11H9NO2. The number of Topliss-reactive ketones (excluding diaryl/α,β-unsaturated/α-hetero) is 1. The van der Waals surface area contributed by atoms with Crippen LogP contribution < -0.4 is 0 Å². The van der Waals surface area contributed by atoms with E-state index < -0.39 is 0 Å². The highest BCUT2D eigenvalue weighted by atomic mass is 16.3. The monoisotopic (exact) mass is 187 g/mol. The highest BCUT2D eigenvalue weighted by Gasteiger charge is 2.04. The molecule has 14 heavy (non-hydrogen) atoms. The Morgan fingerprint density at radius 3 is 2.93 bits per heavy atom. The lowest BCUT2D eigenvalue weighted by molar-refractivity contribution is 0.101. The Labute approximate surface area is 81.4 Å². The van der Waals surface area contributed by atoms with Crippen LogP contribution in [0.2, 0.25) is 0 Å². The summed E-state index contributed by atoms with van der Waals surface area (Å²) in [5.41, 5.74) is 1.55. The van der Waals surface area contributed by atoms with Crippen molar-refractivity contribution < 1.29 is 9.21 Å². The van der Waals surface area contributed by atoms with Crippen molar-refractivity contribution in [2.45, 2.75) is 6.92 Å². The first-order valence-corrected chi connectivity index (χ1v) is 4.27. The minimum atomic E-state index is 0.0476. The zero-order chi connectivity index (χ0) is 9.97. The molecule has 0 saturated heterocycles. The van der Waals surface area contributed by atoms with Gasteiger partial charge in [0.25, 0.3) is 0 Å². The number of hydrogen-bond acceptors (Lipinski definition) is 3. The summed E-state index contributed by atoms with van der Waals surface area (Å²) in [6.07, 6.45) is 3.00. The lowest BCUT2D eigenvalue weighted by Gasteiger charge is -1.98. The van der Waals surface area contributed by atoms with Crippen LogP contribution in [-0.2, 0) is 0 Å². The van der Waals surface area contributed by atoms with Crippen LogP contribution in [-0.4, -0.2) is 10.8 Å². The lowest BCUT2D eigenvalue weighted by Crippen LogP contribution is -1.91. The molecule has 70 valence electrons. The number of benzene rings is 1. The zero-order valence-corrected chi connectivity index (χ0v) is 7.73. The minimum Gasteiger partial charge on any atom is -0.444 e. The third-order valence-corrected chi connectivity index (χ3v) is 1.99. The summed E-state index contributed by atoms with van der Waals surface area (Å²) in [7, 11) is 0. The van der Waals surface area contributed by atoms with Crippen molar-refractivity contribution in [1.82, 2.24) is 4.98 Å². The van der Waals surface area contributed by atoms with Gasteiger partial charge in [-0.05, 0) is 13.0 Å². The van der Waals surface area contributed by atoms with Crippen molar-refractivity contribution in [2.75, 3.05) is 0 Å². The summed E-state index contributed by atoms with van der Waals surface area (Å²) in [5, 5.41) is 0. The van der Waals surface area contributed by atoms with Crippen molar-refractivity contribution >= 4 is 5.78 Å². The molecular weight excluding hydrogens is 178 g/mol. The van der Waals surface area contributed by atoms with Crippen LogP contribution in [0.4, 0.5) is 0 Å². The Balaban J connectivity index is 2.46. The molecule has 0 radical (unpaired) electrons. The van der Waals surface area contributed by atoms with E-state index in [1.165, 1.54) is 6.39 Å². The average molecular weight is 187 g/mol. The third-order valence-electron chi connectivity index (χ3n) is 1.99. The molecule has 0 aliphatic heterocycles. The van der Waals surface area contributed by atoms with Gasteiger partial charge >= 0.3 is 0 Å². The van der Waals surface area contributed by atoms with Gasteiger partial charge in [-0.25, -0.2) is 4.98 Å². The van der Waals surface area contributed by atoms with E-state index >= 15 is 0 Å². The van der Waals surface area contributed by atoms with Gasteiger partial charge in [-0.1, -0.05) is 18.2 Å². The SMILES string of the molecule is CC(=O)c1cccc(-c2cnco2)c1. The Morgan fingerprint density at radius 2 is 2.29 bits per heavy atom. The molecule has 0 fully saturated rings. The molecule has 2 aromatic rings. The number of carbonyl (C=O) groups is 1. The molecule has 3 nitrogen and oxygen atoms in total. The maximum atomic E-state index is 11.1. The number of hydrogen-bond donors (Lipinski definition) is 0. The van der Waals surface area contributed by atoms with E-state index in [2.05, 4.69) is 4.98 Å². The molecule has 0 bridgehead atoms. The van der Waals surface area contributed by atoms with Crippen LogP contribution in [0.1, 0.15) is 17.3 Å². The van der Waals surface area contributed by atoms with Crippen molar-refractivity contribution in [2.24, 2.45) is 0 Å². The van der Waals surface area contributed by atoms with E-state index in [1.54, 1.807) is 25.3 Å². The predicted molar refractivity (Wildman–Crippen MR) is 51.9 cm³/mol. The third kappa shape index (κ3) is 1.57. The van der Waals surface area contributed by atoms with Gasteiger partial charge in [-0.3, -0.25) is 4.79 Å². The fourth-order valence-corrected chi connectivity index (χ4v) is 1.25. The molecule has 0 aliphatic rings. The summed E-state index contributed by atoms with van der Waals surface area (Å²) in [6, 6.07) is 7.28. The van der Waals surface area contributed by atoms with Gasteiger partial charge in [0.15, 0.2) is 17.9 Å². The van der Waals surface area contributed by atoms with Crippen LogP contribution in [0.25, 0.3) is 11.3 Å². The van der Waals surface area contributed by atoms with Crippen molar-refractivity contribution in [3.63, 3.8) is 0 Å². The fraction of sp³-hybridized carbons (Fsp3) is 0.0909. The normalized spacial score (nSPS) is 10.1. The van der Waals surface area contributed by atoms with Crippen LogP contribution in [0.3, 0.4) is 0 Å². The fourth-order valence-electron chi connectivity index (χ4n) is 1.25. The summed E-state index contributed by atoms with van der Waals surface area (Å²) >= 11 is 0. The quantitative estimate of drug-likeness (QED) is 0.678. The Kier molecular flexibility index (Phi) is 2.14. The highest BCUT2D eigenvalue weighted by Crippen LogP contribution is 2.19. The smallest absolute Gasteiger partial charge is 0.181 e. The molecule has 0 N–H and O–H groups in total. The van der Waals surface area contributed by atoms with Gasteiger partial charge in [0.05, 0.1) is 6.20 Å². The predicted octanol–water partition coefficient (Wildman–Crippen LogP) is 2.54. The summed E-state index contributed by atoms with van der Waals surface area (Å²) in [4.78, 5) is 14.9. The first-order valence-electron chi connectivity index (χ1n) is 4.27. The Bertz CT molecular complexity index is 446. The van der Waals surface area contributed by atoms with Crippen LogP contribution in [0, 0.1) is 0 Å². The number of carbonyl (C=O) groups excluding carboxylic acids is 1. The minimum absolute atomic E-state index is 0.0476. The zero-order valence-electron chi connectivity index (χ0n) is 7.73. The highest BCUT2D eigenvalue weighted by molar-refractivity contribution is 5.95. The molecule has 0 amide bonds. The Hall–Kier alpha value is -1.90.